The predicted molar refractivity (Wildman–Crippen MR) is 203 cm³/mol. The third-order valence-corrected chi connectivity index (χ3v) is 10.1. The molecule has 0 bridgehead atoms. The molecule has 49 heavy (non-hydrogen) atoms. The van der Waals surface area contributed by atoms with Crippen LogP contribution < -0.4 is 0 Å². The molecule has 0 aliphatic heterocycles. The molecule has 7 aromatic carbocycles. The summed E-state index contributed by atoms with van der Waals surface area (Å²) in [5.41, 5.74) is 8.66. The van der Waals surface area contributed by atoms with Gasteiger partial charge in [0.15, 0.2) is 0 Å². The lowest BCUT2D eigenvalue weighted by atomic mass is 9.87. The van der Waals surface area contributed by atoms with Crippen molar-refractivity contribution >= 4 is 87.0 Å². The molecule has 4 heterocycles. The Morgan fingerprint density at radius 2 is 1.00 bits per heavy atom. The molecule has 226 valence electrons. The zero-order valence-corrected chi connectivity index (χ0v) is 26.2. The first-order valence-corrected chi connectivity index (χ1v) is 16.5. The standard InChI is InChI=1S/C45H25N3O/c1-3-13-30-28(11-1)39(35-22-21-27-20-19-26-10-9-25-46-43(26)44(27)47-35)29-12-2-4-14-31(29)40(30)45-33-16-6-5-15-32(33)41-36(48-45)23-24-38-42(41)34-17-7-8-18-37(34)49-38/h1-25H. The van der Waals surface area contributed by atoms with Crippen LogP contribution in [0.3, 0.4) is 0 Å². The van der Waals surface area contributed by atoms with Crippen LogP contribution >= 0.6 is 0 Å². The van der Waals surface area contributed by atoms with Crippen LogP contribution in [-0.2, 0) is 0 Å². The molecule has 0 atom stereocenters. The summed E-state index contributed by atoms with van der Waals surface area (Å²) < 4.78 is 6.31. The van der Waals surface area contributed by atoms with Crippen molar-refractivity contribution in [1.82, 2.24) is 15.0 Å². The highest BCUT2D eigenvalue weighted by molar-refractivity contribution is 6.29. The van der Waals surface area contributed by atoms with Crippen LogP contribution in [-0.4, -0.2) is 15.0 Å². The Bertz CT molecular complexity index is 3120. The molecular weight excluding hydrogens is 599 g/mol. The Morgan fingerprint density at radius 1 is 0.388 bits per heavy atom. The Morgan fingerprint density at radius 3 is 1.76 bits per heavy atom. The first-order chi connectivity index (χ1) is 24.3. The number of rotatable bonds is 2. The molecule has 0 saturated heterocycles. The number of hydrogen-bond donors (Lipinski definition) is 0. The topological polar surface area (TPSA) is 51.8 Å². The van der Waals surface area contributed by atoms with Gasteiger partial charge in [-0.2, -0.15) is 0 Å². The fourth-order valence-electron chi connectivity index (χ4n) is 7.97. The fourth-order valence-corrected chi connectivity index (χ4v) is 7.97. The summed E-state index contributed by atoms with van der Waals surface area (Å²) in [7, 11) is 0. The molecule has 4 heteroatoms. The molecule has 0 aliphatic rings. The minimum Gasteiger partial charge on any atom is -0.456 e. The second-order valence-corrected chi connectivity index (χ2v) is 12.7. The molecule has 0 saturated carbocycles. The van der Waals surface area contributed by atoms with E-state index in [4.69, 9.17) is 19.4 Å². The number of furan rings is 1. The number of benzene rings is 7. The van der Waals surface area contributed by atoms with E-state index in [2.05, 4.69) is 127 Å². The largest absolute Gasteiger partial charge is 0.456 e. The molecule has 0 radical (unpaired) electrons. The summed E-state index contributed by atoms with van der Waals surface area (Å²) >= 11 is 0. The number of para-hydroxylation sites is 1. The van der Waals surface area contributed by atoms with Crippen LogP contribution in [0.25, 0.3) is 109 Å². The normalized spacial score (nSPS) is 12.1. The molecule has 11 aromatic rings. The highest BCUT2D eigenvalue weighted by atomic mass is 16.3. The van der Waals surface area contributed by atoms with Crippen molar-refractivity contribution < 1.29 is 4.42 Å². The van der Waals surface area contributed by atoms with Gasteiger partial charge in [-0.1, -0.05) is 115 Å². The predicted octanol–water partition coefficient (Wildman–Crippen LogP) is 12.0. The monoisotopic (exact) mass is 623 g/mol. The summed E-state index contributed by atoms with van der Waals surface area (Å²) in [6, 6.07) is 51.1. The van der Waals surface area contributed by atoms with Gasteiger partial charge >= 0.3 is 0 Å². The van der Waals surface area contributed by atoms with Crippen molar-refractivity contribution in [3.8, 4) is 22.5 Å². The van der Waals surface area contributed by atoms with E-state index in [0.717, 1.165) is 109 Å². The van der Waals surface area contributed by atoms with Crippen LogP contribution in [0.4, 0.5) is 0 Å². The van der Waals surface area contributed by atoms with E-state index in [9.17, 15) is 0 Å². The molecule has 0 aliphatic carbocycles. The lowest BCUT2D eigenvalue weighted by molar-refractivity contribution is 0.669. The molecule has 4 nitrogen and oxygen atoms in total. The molecule has 0 amide bonds. The third kappa shape index (κ3) is 3.71. The summed E-state index contributed by atoms with van der Waals surface area (Å²) in [6.45, 7) is 0. The quantitative estimate of drug-likeness (QED) is 0.142. The van der Waals surface area contributed by atoms with Crippen LogP contribution in [0.2, 0.25) is 0 Å². The van der Waals surface area contributed by atoms with E-state index in [1.165, 1.54) is 0 Å². The van der Waals surface area contributed by atoms with Crippen molar-refractivity contribution in [2.75, 3.05) is 0 Å². The summed E-state index contributed by atoms with van der Waals surface area (Å²) in [5, 5.41) is 12.3. The van der Waals surface area contributed by atoms with Crippen LogP contribution in [0.15, 0.2) is 156 Å². The smallest absolute Gasteiger partial charge is 0.136 e. The van der Waals surface area contributed by atoms with E-state index in [-0.39, 0.29) is 0 Å². The van der Waals surface area contributed by atoms with Crippen molar-refractivity contribution in [2.24, 2.45) is 0 Å². The Balaban J connectivity index is 1.27. The average molecular weight is 624 g/mol. The maximum Gasteiger partial charge on any atom is 0.136 e. The van der Waals surface area contributed by atoms with Gasteiger partial charge in [-0.15, -0.1) is 0 Å². The van der Waals surface area contributed by atoms with Gasteiger partial charge in [0.2, 0.25) is 0 Å². The van der Waals surface area contributed by atoms with E-state index < -0.39 is 0 Å². The second kappa shape index (κ2) is 9.93. The van der Waals surface area contributed by atoms with Gasteiger partial charge < -0.3 is 4.42 Å². The first kappa shape index (κ1) is 26.4. The van der Waals surface area contributed by atoms with E-state index in [0.29, 0.717) is 0 Å². The van der Waals surface area contributed by atoms with E-state index in [1.54, 1.807) is 0 Å². The van der Waals surface area contributed by atoms with Crippen LogP contribution in [0, 0.1) is 0 Å². The SMILES string of the molecule is c1cnc2c(c1)ccc1ccc(-c3c4ccccc4c(-c4nc5ccc6oc7ccccc7c6c5c5ccccc45)c4ccccc34)nc12. The summed E-state index contributed by atoms with van der Waals surface area (Å²) in [6.07, 6.45) is 1.84. The number of nitrogens with zero attached hydrogens (tertiary/aromatic N) is 3. The highest BCUT2D eigenvalue weighted by Gasteiger charge is 2.22. The van der Waals surface area contributed by atoms with Gasteiger partial charge in [-0.25, -0.2) is 9.97 Å². The lowest BCUT2D eigenvalue weighted by Gasteiger charge is -2.19. The highest BCUT2D eigenvalue weighted by Crippen LogP contribution is 2.46. The van der Waals surface area contributed by atoms with Crippen molar-refractivity contribution in [1.29, 1.82) is 0 Å². The first-order valence-electron chi connectivity index (χ1n) is 16.5. The fraction of sp³-hybridized carbons (Fsp3) is 0. The van der Waals surface area contributed by atoms with Gasteiger partial charge in [0.05, 0.1) is 27.9 Å². The van der Waals surface area contributed by atoms with Gasteiger partial charge in [0, 0.05) is 49.6 Å². The molecule has 4 aromatic heterocycles. The van der Waals surface area contributed by atoms with Crippen LogP contribution in [0.5, 0.6) is 0 Å². The molecule has 11 rings (SSSR count). The minimum absolute atomic E-state index is 0.875. The summed E-state index contributed by atoms with van der Waals surface area (Å²) in [5.74, 6) is 0. The van der Waals surface area contributed by atoms with Gasteiger partial charge in [-0.05, 0) is 57.3 Å². The number of hydrogen-bond acceptors (Lipinski definition) is 4. The molecule has 0 N–H and O–H groups in total. The number of aromatic nitrogens is 3. The van der Waals surface area contributed by atoms with Gasteiger partial charge in [-0.3, -0.25) is 4.98 Å². The molecule has 0 unspecified atom stereocenters. The zero-order chi connectivity index (χ0) is 32.1. The second-order valence-electron chi connectivity index (χ2n) is 12.7. The number of fused-ring (bicyclic) bond motifs is 12. The molecule has 0 fully saturated rings. The van der Waals surface area contributed by atoms with Gasteiger partial charge in [0.25, 0.3) is 0 Å². The minimum atomic E-state index is 0.875. The Hall–Kier alpha value is -6.65. The lowest BCUT2D eigenvalue weighted by Crippen LogP contribution is -1.96. The molecule has 0 spiro atoms. The maximum absolute atomic E-state index is 6.31. The average Bonchev–Trinajstić information content (AvgIpc) is 3.55. The van der Waals surface area contributed by atoms with Crippen molar-refractivity contribution in [2.45, 2.75) is 0 Å². The van der Waals surface area contributed by atoms with E-state index in [1.807, 2.05) is 24.4 Å². The van der Waals surface area contributed by atoms with Crippen molar-refractivity contribution in [3.05, 3.63) is 152 Å². The van der Waals surface area contributed by atoms with Gasteiger partial charge in [0.1, 0.15) is 11.2 Å². The maximum atomic E-state index is 6.31. The zero-order valence-electron chi connectivity index (χ0n) is 26.2. The van der Waals surface area contributed by atoms with Crippen molar-refractivity contribution in [3.63, 3.8) is 0 Å². The van der Waals surface area contributed by atoms with Crippen LogP contribution in [0.1, 0.15) is 0 Å². The Labute approximate surface area is 279 Å². The Kier molecular flexibility index (Phi) is 5.35. The third-order valence-electron chi connectivity index (χ3n) is 10.1. The molecular formula is C45H25N3O. The van der Waals surface area contributed by atoms with E-state index >= 15 is 0 Å². The number of pyridine rings is 3. The summed E-state index contributed by atoms with van der Waals surface area (Å²) in [4.78, 5) is 15.6.